The first kappa shape index (κ1) is 13.0. The number of benzene rings is 2. The van der Waals surface area contributed by atoms with Crippen LogP contribution in [0.3, 0.4) is 0 Å². The van der Waals surface area contributed by atoms with Crippen molar-refractivity contribution < 1.29 is 9.47 Å². The summed E-state index contributed by atoms with van der Waals surface area (Å²) < 4.78 is 10.9. The SMILES string of the molecule is COc1ccccc1-c1ccc(CBr)cc1OC. The van der Waals surface area contributed by atoms with Crippen molar-refractivity contribution in [2.45, 2.75) is 5.33 Å². The Morgan fingerprint density at radius 3 is 2.22 bits per heavy atom. The van der Waals surface area contributed by atoms with E-state index in [0.717, 1.165) is 28.0 Å². The van der Waals surface area contributed by atoms with Crippen LogP contribution in [-0.2, 0) is 5.33 Å². The Labute approximate surface area is 116 Å². The van der Waals surface area contributed by atoms with Gasteiger partial charge in [0, 0.05) is 16.5 Å². The summed E-state index contributed by atoms with van der Waals surface area (Å²) in [6.07, 6.45) is 0. The van der Waals surface area contributed by atoms with Crippen molar-refractivity contribution in [3.05, 3.63) is 48.0 Å². The van der Waals surface area contributed by atoms with Gasteiger partial charge in [-0.15, -0.1) is 0 Å². The van der Waals surface area contributed by atoms with Crippen LogP contribution < -0.4 is 9.47 Å². The summed E-state index contributed by atoms with van der Waals surface area (Å²) in [6, 6.07) is 14.1. The molecule has 0 N–H and O–H groups in total. The summed E-state index contributed by atoms with van der Waals surface area (Å²) in [5.41, 5.74) is 3.27. The van der Waals surface area contributed by atoms with E-state index in [2.05, 4.69) is 28.1 Å². The molecule has 0 aromatic heterocycles. The number of alkyl halides is 1. The van der Waals surface area contributed by atoms with Gasteiger partial charge in [-0.05, 0) is 17.7 Å². The Balaban J connectivity index is 2.56. The lowest BCUT2D eigenvalue weighted by molar-refractivity contribution is 0.410. The average Bonchev–Trinajstić information content (AvgIpc) is 2.46. The largest absolute Gasteiger partial charge is 0.496 e. The van der Waals surface area contributed by atoms with Gasteiger partial charge in [0.05, 0.1) is 14.2 Å². The molecule has 94 valence electrons. The smallest absolute Gasteiger partial charge is 0.127 e. The highest BCUT2D eigenvalue weighted by molar-refractivity contribution is 9.08. The van der Waals surface area contributed by atoms with Crippen LogP contribution in [0.4, 0.5) is 0 Å². The summed E-state index contributed by atoms with van der Waals surface area (Å²) in [4.78, 5) is 0. The average molecular weight is 307 g/mol. The van der Waals surface area contributed by atoms with Crippen LogP contribution in [0, 0.1) is 0 Å². The second-order valence-corrected chi connectivity index (χ2v) is 4.43. The number of methoxy groups -OCH3 is 2. The van der Waals surface area contributed by atoms with Gasteiger partial charge in [-0.3, -0.25) is 0 Å². The van der Waals surface area contributed by atoms with Crippen molar-refractivity contribution in [1.82, 2.24) is 0 Å². The van der Waals surface area contributed by atoms with Crippen LogP contribution >= 0.6 is 15.9 Å². The van der Waals surface area contributed by atoms with E-state index in [4.69, 9.17) is 9.47 Å². The van der Waals surface area contributed by atoms with Crippen LogP contribution in [0.5, 0.6) is 11.5 Å². The van der Waals surface area contributed by atoms with Gasteiger partial charge in [0.1, 0.15) is 11.5 Å². The fraction of sp³-hybridized carbons (Fsp3) is 0.200. The predicted octanol–water partition coefficient (Wildman–Crippen LogP) is 4.27. The van der Waals surface area contributed by atoms with Gasteiger partial charge >= 0.3 is 0 Å². The summed E-state index contributed by atoms with van der Waals surface area (Å²) in [7, 11) is 3.37. The summed E-state index contributed by atoms with van der Waals surface area (Å²) >= 11 is 3.45. The molecule has 0 saturated carbocycles. The standard InChI is InChI=1S/C15H15BrO2/c1-17-14-6-4-3-5-12(14)13-8-7-11(10-16)9-15(13)18-2/h3-9H,10H2,1-2H3. The Kier molecular flexibility index (Phi) is 4.26. The maximum absolute atomic E-state index is 5.47. The highest BCUT2D eigenvalue weighted by Crippen LogP contribution is 2.36. The maximum Gasteiger partial charge on any atom is 0.127 e. The van der Waals surface area contributed by atoms with Gasteiger partial charge in [-0.1, -0.05) is 46.3 Å². The minimum atomic E-state index is 0.815. The van der Waals surface area contributed by atoms with Crippen molar-refractivity contribution >= 4 is 15.9 Å². The first-order valence-electron chi connectivity index (χ1n) is 5.66. The van der Waals surface area contributed by atoms with E-state index in [0.29, 0.717) is 0 Å². The molecule has 3 heteroatoms. The number of rotatable bonds is 4. The monoisotopic (exact) mass is 306 g/mol. The lowest BCUT2D eigenvalue weighted by Gasteiger charge is -2.13. The minimum absolute atomic E-state index is 0.815. The van der Waals surface area contributed by atoms with Gasteiger partial charge in [0.15, 0.2) is 0 Å². The molecule has 0 aliphatic heterocycles. The summed E-state index contributed by atoms with van der Waals surface area (Å²) in [5, 5.41) is 0.815. The third-order valence-electron chi connectivity index (χ3n) is 2.82. The van der Waals surface area contributed by atoms with Crippen molar-refractivity contribution in [3.63, 3.8) is 0 Å². The quantitative estimate of drug-likeness (QED) is 0.786. The molecular weight excluding hydrogens is 292 g/mol. The molecule has 0 amide bonds. The van der Waals surface area contributed by atoms with E-state index in [9.17, 15) is 0 Å². The van der Waals surface area contributed by atoms with Gasteiger partial charge in [0.2, 0.25) is 0 Å². The first-order chi connectivity index (χ1) is 8.80. The molecule has 0 heterocycles. The molecule has 2 nitrogen and oxygen atoms in total. The van der Waals surface area contributed by atoms with E-state index in [1.165, 1.54) is 5.56 Å². The molecule has 0 bridgehead atoms. The highest BCUT2D eigenvalue weighted by atomic mass is 79.9. The van der Waals surface area contributed by atoms with E-state index in [1.54, 1.807) is 14.2 Å². The topological polar surface area (TPSA) is 18.5 Å². The zero-order chi connectivity index (χ0) is 13.0. The van der Waals surface area contributed by atoms with Gasteiger partial charge < -0.3 is 9.47 Å². The van der Waals surface area contributed by atoms with E-state index in [-0.39, 0.29) is 0 Å². The normalized spacial score (nSPS) is 10.2. The predicted molar refractivity (Wildman–Crippen MR) is 77.6 cm³/mol. The Hall–Kier alpha value is -1.48. The molecule has 0 unspecified atom stereocenters. The first-order valence-corrected chi connectivity index (χ1v) is 6.78. The fourth-order valence-electron chi connectivity index (χ4n) is 1.91. The van der Waals surface area contributed by atoms with Crippen LogP contribution in [-0.4, -0.2) is 14.2 Å². The molecule has 0 atom stereocenters. The molecule has 0 spiro atoms. The van der Waals surface area contributed by atoms with Crippen LogP contribution in [0.25, 0.3) is 11.1 Å². The molecule has 0 aliphatic rings. The third kappa shape index (κ3) is 2.51. The number of hydrogen-bond donors (Lipinski definition) is 0. The van der Waals surface area contributed by atoms with Crippen LogP contribution in [0.2, 0.25) is 0 Å². The van der Waals surface area contributed by atoms with Gasteiger partial charge in [-0.2, -0.15) is 0 Å². The van der Waals surface area contributed by atoms with Crippen molar-refractivity contribution in [2.75, 3.05) is 14.2 Å². The summed E-state index contributed by atoms with van der Waals surface area (Å²) in [6.45, 7) is 0. The molecule has 0 fully saturated rings. The molecule has 0 saturated heterocycles. The second kappa shape index (κ2) is 5.91. The fourth-order valence-corrected chi connectivity index (χ4v) is 2.26. The van der Waals surface area contributed by atoms with Crippen LogP contribution in [0.15, 0.2) is 42.5 Å². The molecule has 2 aromatic carbocycles. The molecular formula is C15H15BrO2. The summed E-state index contributed by atoms with van der Waals surface area (Å²) in [5.74, 6) is 1.71. The number of hydrogen-bond acceptors (Lipinski definition) is 2. The molecule has 2 aromatic rings. The lowest BCUT2D eigenvalue weighted by atomic mass is 10.0. The number of ether oxygens (including phenoxy) is 2. The maximum atomic E-state index is 5.47. The van der Waals surface area contributed by atoms with Crippen molar-refractivity contribution in [3.8, 4) is 22.6 Å². The highest BCUT2D eigenvalue weighted by Gasteiger charge is 2.10. The lowest BCUT2D eigenvalue weighted by Crippen LogP contribution is -1.92. The third-order valence-corrected chi connectivity index (χ3v) is 3.46. The van der Waals surface area contributed by atoms with Crippen LogP contribution in [0.1, 0.15) is 5.56 Å². The molecule has 0 radical (unpaired) electrons. The minimum Gasteiger partial charge on any atom is -0.496 e. The Bertz CT molecular complexity index is 538. The van der Waals surface area contributed by atoms with Gasteiger partial charge in [0.25, 0.3) is 0 Å². The molecule has 18 heavy (non-hydrogen) atoms. The van der Waals surface area contributed by atoms with Crippen molar-refractivity contribution in [2.24, 2.45) is 0 Å². The van der Waals surface area contributed by atoms with Gasteiger partial charge in [-0.25, -0.2) is 0 Å². The zero-order valence-electron chi connectivity index (χ0n) is 10.4. The van der Waals surface area contributed by atoms with E-state index in [1.807, 2.05) is 30.3 Å². The second-order valence-electron chi connectivity index (χ2n) is 3.87. The Morgan fingerprint density at radius 2 is 1.56 bits per heavy atom. The molecule has 2 rings (SSSR count). The Morgan fingerprint density at radius 1 is 0.889 bits per heavy atom. The number of para-hydroxylation sites is 1. The molecule has 0 aliphatic carbocycles. The van der Waals surface area contributed by atoms with E-state index >= 15 is 0 Å². The van der Waals surface area contributed by atoms with E-state index < -0.39 is 0 Å². The van der Waals surface area contributed by atoms with Crippen molar-refractivity contribution in [1.29, 1.82) is 0 Å². The number of halogens is 1. The zero-order valence-corrected chi connectivity index (χ0v) is 12.0.